The highest BCUT2D eigenvalue weighted by atomic mass is 32.2. The van der Waals surface area contributed by atoms with Crippen LogP contribution < -0.4 is 24.8 Å². The highest BCUT2D eigenvalue weighted by molar-refractivity contribution is 8.00. The van der Waals surface area contributed by atoms with E-state index in [0.717, 1.165) is 10.5 Å². The van der Waals surface area contributed by atoms with Crippen molar-refractivity contribution in [2.24, 2.45) is 0 Å². The lowest BCUT2D eigenvalue weighted by atomic mass is 10.1. The third-order valence-electron chi connectivity index (χ3n) is 5.73. The Morgan fingerprint density at radius 3 is 2.00 bits per heavy atom. The molecule has 1 atom stereocenters. The van der Waals surface area contributed by atoms with Gasteiger partial charge < -0.3 is 24.8 Å². The van der Waals surface area contributed by atoms with Crippen LogP contribution in [0.1, 0.15) is 21.2 Å². The maximum Gasteiger partial charge on any atom is 0.255 e. The molecule has 0 spiro atoms. The van der Waals surface area contributed by atoms with Gasteiger partial charge in [-0.05, 0) is 66.2 Å². The van der Waals surface area contributed by atoms with E-state index in [4.69, 9.17) is 14.2 Å². The van der Waals surface area contributed by atoms with Gasteiger partial charge in [-0.1, -0.05) is 30.3 Å². The van der Waals surface area contributed by atoms with E-state index >= 15 is 0 Å². The Labute approximate surface area is 226 Å². The van der Waals surface area contributed by atoms with Crippen LogP contribution in [0, 0.1) is 0 Å². The van der Waals surface area contributed by atoms with E-state index in [0.29, 0.717) is 34.2 Å². The van der Waals surface area contributed by atoms with Gasteiger partial charge in [0.2, 0.25) is 5.91 Å². The van der Waals surface area contributed by atoms with E-state index in [9.17, 15) is 9.59 Å². The number of carbonyl (C=O) groups is 2. The van der Waals surface area contributed by atoms with Gasteiger partial charge in [0.1, 0.15) is 22.5 Å². The van der Waals surface area contributed by atoms with E-state index in [2.05, 4.69) is 10.6 Å². The molecule has 2 amide bonds. The first-order valence-corrected chi connectivity index (χ1v) is 12.7. The first kappa shape index (κ1) is 26.6. The minimum Gasteiger partial charge on any atom is -0.497 e. The number of benzene rings is 4. The number of nitrogens with one attached hydrogen (secondary N) is 2. The summed E-state index contributed by atoms with van der Waals surface area (Å²) in [4.78, 5) is 26.9. The van der Waals surface area contributed by atoms with Gasteiger partial charge in [0.25, 0.3) is 5.91 Å². The lowest BCUT2D eigenvalue weighted by Gasteiger charge is -2.19. The Bertz CT molecular complexity index is 1380. The maximum atomic E-state index is 13.5. The second-order valence-corrected chi connectivity index (χ2v) is 9.35. The predicted octanol–water partition coefficient (Wildman–Crippen LogP) is 6.44. The average Bonchev–Trinajstić information content (AvgIpc) is 2.97. The summed E-state index contributed by atoms with van der Waals surface area (Å²) in [7, 11) is 4.70. The van der Waals surface area contributed by atoms with Crippen molar-refractivity contribution in [3.8, 4) is 17.2 Å². The predicted molar refractivity (Wildman–Crippen MR) is 151 cm³/mol. The molecule has 0 fully saturated rings. The number of methoxy groups -OCH3 is 3. The number of thioether (sulfide) groups is 1. The van der Waals surface area contributed by atoms with Crippen molar-refractivity contribution in [1.29, 1.82) is 0 Å². The molecule has 1 unspecified atom stereocenters. The Balaban J connectivity index is 1.49. The largest absolute Gasteiger partial charge is 0.497 e. The molecule has 7 nitrogen and oxygen atoms in total. The van der Waals surface area contributed by atoms with Gasteiger partial charge in [0.15, 0.2) is 0 Å². The minimum absolute atomic E-state index is 0.193. The zero-order chi connectivity index (χ0) is 26.9. The topological polar surface area (TPSA) is 85.9 Å². The smallest absolute Gasteiger partial charge is 0.255 e. The standard InChI is InChI=1S/C30H28N2O5S/c1-35-23-13-9-21(10-14-23)29(33)31-22-11-16-25(17-12-22)38-28(20-7-5-4-6-8-20)30(34)32-26-18-15-24(36-2)19-27(26)37-3/h4-19,28H,1-3H3,(H,31,33)(H,32,34). The van der Waals surface area contributed by atoms with Crippen molar-refractivity contribution in [3.63, 3.8) is 0 Å². The zero-order valence-electron chi connectivity index (χ0n) is 21.3. The zero-order valence-corrected chi connectivity index (χ0v) is 22.1. The quantitative estimate of drug-likeness (QED) is 0.231. The fraction of sp³-hybridized carbons (Fsp3) is 0.133. The number of anilines is 2. The second-order valence-electron chi connectivity index (χ2n) is 8.17. The van der Waals surface area contributed by atoms with E-state index in [1.807, 2.05) is 54.6 Å². The van der Waals surface area contributed by atoms with Crippen molar-refractivity contribution in [2.75, 3.05) is 32.0 Å². The normalized spacial score (nSPS) is 11.2. The molecule has 0 saturated heterocycles. The highest BCUT2D eigenvalue weighted by Gasteiger charge is 2.23. The molecular formula is C30H28N2O5S. The number of ether oxygens (including phenoxy) is 3. The van der Waals surface area contributed by atoms with Crippen LogP contribution in [0.4, 0.5) is 11.4 Å². The third-order valence-corrected chi connectivity index (χ3v) is 6.99. The summed E-state index contributed by atoms with van der Waals surface area (Å²) in [5.74, 6) is 1.41. The first-order chi connectivity index (χ1) is 18.5. The van der Waals surface area contributed by atoms with Crippen molar-refractivity contribution in [1.82, 2.24) is 0 Å². The Hall–Kier alpha value is -4.43. The van der Waals surface area contributed by atoms with E-state index in [1.54, 1.807) is 63.8 Å². The fourth-order valence-electron chi connectivity index (χ4n) is 3.70. The van der Waals surface area contributed by atoms with Crippen molar-refractivity contribution in [3.05, 3.63) is 108 Å². The van der Waals surface area contributed by atoms with Gasteiger partial charge >= 0.3 is 0 Å². The van der Waals surface area contributed by atoms with Crippen LogP contribution >= 0.6 is 11.8 Å². The molecule has 194 valence electrons. The summed E-state index contributed by atoms with van der Waals surface area (Å²) < 4.78 is 15.8. The summed E-state index contributed by atoms with van der Waals surface area (Å²) >= 11 is 1.41. The lowest BCUT2D eigenvalue weighted by Crippen LogP contribution is -2.19. The Morgan fingerprint density at radius 1 is 0.711 bits per heavy atom. The van der Waals surface area contributed by atoms with Crippen LogP contribution in [0.3, 0.4) is 0 Å². The van der Waals surface area contributed by atoms with E-state index in [1.165, 1.54) is 11.8 Å². The molecule has 8 heteroatoms. The van der Waals surface area contributed by atoms with Crippen LogP contribution in [-0.2, 0) is 4.79 Å². The van der Waals surface area contributed by atoms with Crippen molar-refractivity contribution >= 4 is 35.0 Å². The monoisotopic (exact) mass is 528 g/mol. The molecule has 38 heavy (non-hydrogen) atoms. The Kier molecular flexibility index (Phi) is 8.89. The molecular weight excluding hydrogens is 500 g/mol. The van der Waals surface area contributed by atoms with Crippen LogP contribution in [0.25, 0.3) is 0 Å². The second kappa shape index (κ2) is 12.7. The van der Waals surface area contributed by atoms with Gasteiger partial charge in [-0.25, -0.2) is 0 Å². The van der Waals surface area contributed by atoms with Crippen LogP contribution in [0.5, 0.6) is 17.2 Å². The molecule has 0 aromatic heterocycles. The molecule has 2 N–H and O–H groups in total. The van der Waals surface area contributed by atoms with Gasteiger partial charge in [0.05, 0.1) is 27.0 Å². The molecule has 0 bridgehead atoms. The van der Waals surface area contributed by atoms with Gasteiger partial charge in [-0.2, -0.15) is 0 Å². The average molecular weight is 529 g/mol. The number of hydrogen-bond acceptors (Lipinski definition) is 6. The third kappa shape index (κ3) is 6.66. The minimum atomic E-state index is -0.525. The number of carbonyl (C=O) groups excluding carboxylic acids is 2. The molecule has 4 aromatic rings. The molecule has 0 heterocycles. The van der Waals surface area contributed by atoms with E-state index < -0.39 is 5.25 Å². The molecule has 0 aliphatic heterocycles. The van der Waals surface area contributed by atoms with Crippen LogP contribution in [-0.4, -0.2) is 33.1 Å². The maximum absolute atomic E-state index is 13.5. The molecule has 0 aliphatic carbocycles. The van der Waals surface area contributed by atoms with Crippen LogP contribution in [0.2, 0.25) is 0 Å². The Morgan fingerprint density at radius 2 is 1.37 bits per heavy atom. The number of rotatable bonds is 10. The summed E-state index contributed by atoms with van der Waals surface area (Å²) in [6.45, 7) is 0. The number of hydrogen-bond donors (Lipinski definition) is 2. The fourth-order valence-corrected chi connectivity index (χ4v) is 4.72. The van der Waals surface area contributed by atoms with Crippen LogP contribution in [0.15, 0.2) is 102 Å². The van der Waals surface area contributed by atoms with Gasteiger partial charge in [-0.3, -0.25) is 9.59 Å². The summed E-state index contributed by atoms with van der Waals surface area (Å²) in [5.41, 5.74) is 2.59. The molecule has 4 aromatic carbocycles. The first-order valence-electron chi connectivity index (χ1n) is 11.8. The SMILES string of the molecule is COc1ccc(C(=O)Nc2ccc(SC(C(=O)Nc3ccc(OC)cc3OC)c3ccccc3)cc2)cc1. The molecule has 0 radical (unpaired) electrons. The lowest BCUT2D eigenvalue weighted by molar-refractivity contribution is -0.115. The summed E-state index contributed by atoms with van der Waals surface area (Å²) in [6.07, 6.45) is 0. The van der Waals surface area contributed by atoms with Gasteiger partial charge in [-0.15, -0.1) is 11.8 Å². The molecule has 0 saturated carbocycles. The number of amides is 2. The molecule has 4 rings (SSSR count). The summed E-state index contributed by atoms with van der Waals surface area (Å²) in [6, 6.07) is 29.1. The van der Waals surface area contributed by atoms with E-state index in [-0.39, 0.29) is 11.8 Å². The van der Waals surface area contributed by atoms with Gasteiger partial charge in [0, 0.05) is 22.2 Å². The molecule has 0 aliphatic rings. The van der Waals surface area contributed by atoms with Crippen molar-refractivity contribution in [2.45, 2.75) is 10.1 Å². The highest BCUT2D eigenvalue weighted by Crippen LogP contribution is 2.38. The van der Waals surface area contributed by atoms with Crippen molar-refractivity contribution < 1.29 is 23.8 Å². The summed E-state index contributed by atoms with van der Waals surface area (Å²) in [5, 5.41) is 5.36.